The summed E-state index contributed by atoms with van der Waals surface area (Å²) in [6, 6.07) is 5.56. The summed E-state index contributed by atoms with van der Waals surface area (Å²) in [5.41, 5.74) is 1.74. The summed E-state index contributed by atoms with van der Waals surface area (Å²) >= 11 is 0. The van der Waals surface area contributed by atoms with E-state index < -0.39 is 14.3 Å². The number of aromatic nitrogens is 2. The van der Waals surface area contributed by atoms with Gasteiger partial charge in [0.15, 0.2) is 6.79 Å². The molecule has 2 aliphatic heterocycles. The van der Waals surface area contributed by atoms with Gasteiger partial charge in [-0.1, -0.05) is 18.2 Å². The normalized spacial score (nSPS) is 22.9. The van der Waals surface area contributed by atoms with Crippen molar-refractivity contribution in [1.82, 2.24) is 9.55 Å². The van der Waals surface area contributed by atoms with Crippen LogP contribution in [0, 0.1) is 13.8 Å². The Hall–Kier alpha value is -1.97. The topological polar surface area (TPSA) is 112 Å². The summed E-state index contributed by atoms with van der Waals surface area (Å²) < 4.78 is 22.3. The van der Waals surface area contributed by atoms with E-state index in [1.54, 1.807) is 6.92 Å². The zero-order valence-electron chi connectivity index (χ0n) is 16.2. The molecule has 0 saturated carbocycles. The fourth-order valence-electron chi connectivity index (χ4n) is 2.94. The zero-order valence-corrected chi connectivity index (χ0v) is 17.1. The third-order valence-corrected chi connectivity index (χ3v) is 5.43. The molecule has 4 rings (SSSR count). The van der Waals surface area contributed by atoms with E-state index in [0.29, 0.717) is 18.6 Å². The molecule has 11 heteroatoms. The summed E-state index contributed by atoms with van der Waals surface area (Å²) in [4.78, 5) is 24.8. The van der Waals surface area contributed by atoms with Gasteiger partial charge in [0.25, 0.3) is 5.56 Å². The molecule has 3 atom stereocenters. The Balaban J connectivity index is 0.000000166. The molecule has 0 spiro atoms. The molecule has 2 aliphatic rings. The molecule has 29 heavy (non-hydrogen) atoms. The van der Waals surface area contributed by atoms with E-state index in [1.807, 2.05) is 25.1 Å². The molecule has 0 aliphatic carbocycles. The van der Waals surface area contributed by atoms with E-state index in [-0.39, 0.29) is 24.6 Å². The van der Waals surface area contributed by atoms with Gasteiger partial charge in [0.05, 0.1) is 6.61 Å². The molecule has 1 fully saturated rings. The van der Waals surface area contributed by atoms with Crippen molar-refractivity contribution < 1.29 is 23.4 Å². The third kappa shape index (κ3) is 5.35. The molecule has 154 valence electrons. The largest absolute Gasteiger partial charge is 0.426 e. The van der Waals surface area contributed by atoms with Gasteiger partial charge < -0.3 is 14.4 Å². The lowest BCUT2D eigenvalue weighted by Crippen LogP contribution is -2.33. The van der Waals surface area contributed by atoms with Crippen LogP contribution >= 0.6 is 8.60 Å². The Kier molecular flexibility index (Phi) is 7.26. The van der Waals surface area contributed by atoms with Crippen LogP contribution in [0.4, 0.5) is 0 Å². The predicted octanol–water partition coefficient (Wildman–Crippen LogP) is 1.75. The minimum Gasteiger partial charge on any atom is -0.426 e. The number of benzene rings is 1. The second-order valence-electron chi connectivity index (χ2n) is 6.59. The van der Waals surface area contributed by atoms with Crippen molar-refractivity contribution >= 4 is 16.4 Å². The lowest BCUT2D eigenvalue weighted by atomic mass is 9.98. The van der Waals surface area contributed by atoms with Crippen LogP contribution in [0.2, 0.25) is 0 Å². The summed E-state index contributed by atoms with van der Waals surface area (Å²) in [5, 5.41) is 8.57. The van der Waals surface area contributed by atoms with Crippen LogP contribution in [-0.4, -0.2) is 35.3 Å². The maximum absolute atomic E-state index is 11.5. The van der Waals surface area contributed by atoms with Crippen LogP contribution in [0.5, 0.6) is 5.75 Å². The number of aromatic amines is 1. The van der Waals surface area contributed by atoms with Gasteiger partial charge in [-0.05, 0) is 32.3 Å². The average molecular weight is 420 g/mol. The highest BCUT2D eigenvalue weighted by molar-refractivity contribution is 7.42. The van der Waals surface area contributed by atoms with Gasteiger partial charge in [-0.15, -0.1) is 0 Å². The fraction of sp³-hybridized carbons (Fsp3) is 0.444. The molecule has 0 amide bonds. The minimum absolute atomic E-state index is 0.325. The van der Waals surface area contributed by atoms with Crippen LogP contribution in [-0.2, 0) is 20.4 Å². The first kappa shape index (κ1) is 21.7. The molecule has 2 unspecified atom stereocenters. The summed E-state index contributed by atoms with van der Waals surface area (Å²) in [6.45, 7) is 3.70. The van der Waals surface area contributed by atoms with Crippen LogP contribution in [0.3, 0.4) is 0 Å². The number of aliphatic hydroxyl groups is 1. The molecule has 3 heterocycles. The fourth-order valence-corrected chi connectivity index (χ4v) is 3.87. The number of hydrogen-bond acceptors (Lipinski definition) is 7. The Morgan fingerprint density at radius 1 is 1.31 bits per heavy atom. The molecule has 2 N–H and O–H groups in total. The number of para-hydroxylation sites is 1. The number of hydrogen-bond donors (Lipinski definition) is 2. The summed E-state index contributed by atoms with van der Waals surface area (Å²) in [7, 11) is 4.15. The van der Waals surface area contributed by atoms with E-state index in [1.165, 1.54) is 10.8 Å². The second-order valence-corrected chi connectivity index (χ2v) is 7.74. The van der Waals surface area contributed by atoms with Crippen molar-refractivity contribution in [2.75, 3.05) is 6.79 Å². The van der Waals surface area contributed by atoms with E-state index >= 15 is 0 Å². The van der Waals surface area contributed by atoms with Gasteiger partial charge in [-0.25, -0.2) is 4.79 Å². The number of rotatable bonds is 3. The number of ether oxygens (including phenoxy) is 1. The maximum Gasteiger partial charge on any atom is 0.399 e. The first-order chi connectivity index (χ1) is 13.9. The van der Waals surface area contributed by atoms with Gasteiger partial charge in [0, 0.05) is 23.3 Å². The zero-order chi connectivity index (χ0) is 21.0. The molecule has 1 saturated heterocycles. The van der Waals surface area contributed by atoms with Crippen molar-refractivity contribution in [3.05, 3.63) is 61.9 Å². The highest BCUT2D eigenvalue weighted by atomic mass is 31.2. The van der Waals surface area contributed by atoms with Crippen molar-refractivity contribution in [3.63, 3.8) is 0 Å². The number of nitrogens with one attached hydrogen (secondary N) is 1. The van der Waals surface area contributed by atoms with Gasteiger partial charge >= 0.3 is 14.3 Å². The molecule has 1 aromatic heterocycles. The van der Waals surface area contributed by atoms with Crippen LogP contribution < -0.4 is 15.8 Å². The first-order valence-electron chi connectivity index (χ1n) is 9.05. The number of aliphatic hydroxyl groups excluding tert-OH is 1. The Morgan fingerprint density at radius 2 is 2.10 bits per heavy atom. The van der Waals surface area contributed by atoms with Gasteiger partial charge in [-0.3, -0.25) is 23.4 Å². The van der Waals surface area contributed by atoms with E-state index in [2.05, 4.69) is 4.98 Å². The molecule has 9 nitrogen and oxygen atoms in total. The second kappa shape index (κ2) is 9.69. The average Bonchev–Trinajstić information content (AvgIpc) is 3.12. The van der Waals surface area contributed by atoms with Crippen molar-refractivity contribution in [2.45, 2.75) is 45.5 Å². The van der Waals surface area contributed by atoms with Gasteiger partial charge in [-0.2, -0.15) is 0 Å². The maximum atomic E-state index is 11.5. The number of nitrogens with zero attached hydrogens (tertiary/aromatic N) is 1. The van der Waals surface area contributed by atoms with E-state index in [4.69, 9.17) is 31.3 Å². The van der Waals surface area contributed by atoms with Crippen molar-refractivity contribution in [2.24, 2.45) is 0 Å². The van der Waals surface area contributed by atoms with E-state index in [0.717, 1.165) is 23.3 Å². The summed E-state index contributed by atoms with van der Waals surface area (Å²) in [6.07, 6.45) is 2.55. The lowest BCUT2D eigenvalue weighted by molar-refractivity contribution is 0.0339. The predicted molar refractivity (Wildman–Crippen MR) is 107 cm³/mol. The Bertz CT molecular complexity index is 964. The first-order valence-corrected chi connectivity index (χ1v) is 10.1. The Morgan fingerprint density at radius 3 is 2.79 bits per heavy atom. The molecule has 1 aromatic carbocycles. The van der Waals surface area contributed by atoms with Crippen molar-refractivity contribution in [1.29, 1.82) is 0 Å². The minimum atomic E-state index is -1.42. The van der Waals surface area contributed by atoms with Crippen LogP contribution in [0.1, 0.15) is 35.8 Å². The van der Waals surface area contributed by atoms with Crippen LogP contribution in [0.25, 0.3) is 0 Å². The van der Waals surface area contributed by atoms with Crippen molar-refractivity contribution in [3.8, 4) is 5.75 Å². The molecule has 0 bridgehead atoms. The molecular formula is C18H22BN2O7P. The molecular weight excluding hydrogens is 398 g/mol. The smallest absolute Gasteiger partial charge is 0.399 e. The quantitative estimate of drug-likeness (QED) is 0.442. The SMILES string of the molecule is Cc1cccc2c1OP(OCO)OC2.[B][C@@H]1CCC(n2cc(C)c(=O)[nH]c2=O)O1. The van der Waals surface area contributed by atoms with Gasteiger partial charge in [0.1, 0.15) is 19.8 Å². The lowest BCUT2D eigenvalue weighted by Gasteiger charge is -2.24. The Labute approximate surface area is 170 Å². The van der Waals surface area contributed by atoms with E-state index in [9.17, 15) is 9.59 Å². The summed E-state index contributed by atoms with van der Waals surface area (Å²) in [5.74, 6) is 0.818. The molecule has 2 radical (unpaired) electrons. The van der Waals surface area contributed by atoms with Crippen LogP contribution in [0.15, 0.2) is 34.0 Å². The number of aryl methyl sites for hydroxylation is 2. The highest BCUT2D eigenvalue weighted by Gasteiger charge is 2.24. The van der Waals surface area contributed by atoms with Gasteiger partial charge in [0.2, 0.25) is 0 Å². The standard InChI is InChI=1S/C9H11BN2O3.C9H11O4P/c1-5-4-12(9(14)11-8(5)13)7-3-2-6(10)15-7;1-7-3-2-4-8-5-11-14(12-6-10)13-9(7)8/h4,6-7H,2-3H2,1H3,(H,11,13,14);2-4,10H,5-6H2,1H3/t6-,7?;/m0./s1. The third-order valence-electron chi connectivity index (χ3n) is 4.43. The number of fused-ring (bicyclic) bond motifs is 1. The molecule has 2 aromatic rings. The number of H-pyrrole nitrogens is 1. The monoisotopic (exact) mass is 420 g/mol. The highest BCUT2D eigenvalue weighted by Crippen LogP contribution is 2.47.